The second-order valence-electron chi connectivity index (χ2n) is 7.42. The van der Waals surface area contributed by atoms with Gasteiger partial charge in [0.25, 0.3) is 10.0 Å². The van der Waals surface area contributed by atoms with Gasteiger partial charge in [-0.2, -0.15) is 0 Å². The van der Waals surface area contributed by atoms with Gasteiger partial charge in [0.15, 0.2) is 0 Å². The highest BCUT2D eigenvalue weighted by atomic mass is 32.2. The first kappa shape index (κ1) is 18.8. The molecule has 1 fully saturated rings. The first-order valence-corrected chi connectivity index (χ1v) is 11.2. The predicted molar refractivity (Wildman–Crippen MR) is 110 cm³/mol. The normalized spacial score (nSPS) is 17.1. The zero-order valence-corrected chi connectivity index (χ0v) is 16.6. The lowest BCUT2D eigenvalue weighted by Gasteiger charge is -2.34. The smallest absolute Gasteiger partial charge is 0.261 e. The van der Waals surface area contributed by atoms with Crippen LogP contribution in [0.3, 0.4) is 0 Å². The number of hydrogen-bond acceptors (Lipinski definition) is 4. The monoisotopic (exact) mass is 399 g/mol. The molecule has 6 nitrogen and oxygen atoms in total. The maximum Gasteiger partial charge on any atom is 0.261 e. The fourth-order valence-corrected chi connectivity index (χ4v) is 5.03. The lowest BCUT2D eigenvalue weighted by molar-refractivity contribution is -0.118. The Morgan fingerprint density at radius 2 is 1.54 bits per heavy atom. The van der Waals surface area contributed by atoms with Crippen LogP contribution >= 0.6 is 0 Å². The fraction of sp³-hybridized carbons (Fsp3) is 0.381. The number of nitrogens with zero attached hydrogens (tertiary/aromatic N) is 2. The van der Waals surface area contributed by atoms with Gasteiger partial charge in [0.05, 0.1) is 4.90 Å². The third-order valence-corrected chi connectivity index (χ3v) is 6.96. The van der Waals surface area contributed by atoms with E-state index in [1.54, 1.807) is 23.1 Å². The van der Waals surface area contributed by atoms with Crippen LogP contribution in [0.1, 0.15) is 24.0 Å². The molecule has 7 heteroatoms. The van der Waals surface area contributed by atoms with Gasteiger partial charge >= 0.3 is 0 Å². The van der Waals surface area contributed by atoms with Crippen LogP contribution in [0.2, 0.25) is 0 Å². The number of carbonyl (C=O) groups is 1. The van der Waals surface area contributed by atoms with Crippen molar-refractivity contribution in [3.05, 3.63) is 53.6 Å². The van der Waals surface area contributed by atoms with E-state index in [9.17, 15) is 13.2 Å². The lowest BCUT2D eigenvalue weighted by atomic mass is 9.92. The quantitative estimate of drug-likeness (QED) is 0.785. The number of carbonyl (C=O) groups excluding carboxylic acids is 1. The zero-order chi connectivity index (χ0) is 19.6. The molecule has 0 aromatic heterocycles. The minimum atomic E-state index is -3.60. The van der Waals surface area contributed by atoms with Gasteiger partial charge in [-0.05, 0) is 73.2 Å². The van der Waals surface area contributed by atoms with Gasteiger partial charge in [-0.25, -0.2) is 8.42 Å². The number of hydrogen-bond donors (Lipinski definition) is 1. The highest BCUT2D eigenvalue weighted by Crippen LogP contribution is 2.26. The van der Waals surface area contributed by atoms with E-state index in [0.717, 1.165) is 50.0 Å². The molecule has 28 heavy (non-hydrogen) atoms. The fourth-order valence-electron chi connectivity index (χ4n) is 3.92. The summed E-state index contributed by atoms with van der Waals surface area (Å²) in [6.07, 6.45) is 5.16. The number of anilines is 2. The van der Waals surface area contributed by atoms with Gasteiger partial charge in [-0.3, -0.25) is 9.52 Å². The molecule has 0 saturated carbocycles. The number of amides is 1. The number of aryl methyl sites for hydroxylation is 2. The number of nitrogens with one attached hydrogen (secondary N) is 1. The van der Waals surface area contributed by atoms with Crippen LogP contribution in [-0.4, -0.2) is 45.9 Å². The Morgan fingerprint density at radius 3 is 2.21 bits per heavy atom. The van der Waals surface area contributed by atoms with Crippen molar-refractivity contribution in [2.24, 2.45) is 0 Å². The molecule has 0 unspecified atom stereocenters. The molecule has 1 heterocycles. The number of sulfonamides is 1. The molecule has 2 aromatic carbocycles. The average Bonchev–Trinajstić information content (AvgIpc) is 2.74. The molecule has 0 atom stereocenters. The number of piperazine rings is 1. The Bertz CT molecular complexity index is 949. The highest BCUT2D eigenvalue weighted by Gasteiger charge is 2.19. The van der Waals surface area contributed by atoms with E-state index in [0.29, 0.717) is 23.7 Å². The Morgan fingerprint density at radius 1 is 0.857 bits per heavy atom. The molecule has 2 aliphatic rings. The van der Waals surface area contributed by atoms with Crippen molar-refractivity contribution in [3.63, 3.8) is 0 Å². The van der Waals surface area contributed by atoms with Crippen molar-refractivity contribution >= 4 is 27.8 Å². The summed E-state index contributed by atoms with van der Waals surface area (Å²) in [5.74, 6) is 0. The Hall–Kier alpha value is -2.54. The van der Waals surface area contributed by atoms with Crippen LogP contribution in [0.5, 0.6) is 0 Å². The summed E-state index contributed by atoms with van der Waals surface area (Å²) in [4.78, 5) is 15.1. The molecule has 1 saturated heterocycles. The third-order valence-electron chi connectivity index (χ3n) is 5.58. The van der Waals surface area contributed by atoms with Gasteiger partial charge in [0, 0.05) is 37.6 Å². The topological polar surface area (TPSA) is 69.7 Å². The van der Waals surface area contributed by atoms with E-state index in [-0.39, 0.29) is 0 Å². The zero-order valence-electron chi connectivity index (χ0n) is 15.8. The molecule has 0 spiro atoms. The van der Waals surface area contributed by atoms with Crippen LogP contribution in [-0.2, 0) is 27.7 Å². The second-order valence-corrected chi connectivity index (χ2v) is 9.10. The van der Waals surface area contributed by atoms with Crippen molar-refractivity contribution in [1.29, 1.82) is 0 Å². The highest BCUT2D eigenvalue weighted by molar-refractivity contribution is 7.92. The van der Waals surface area contributed by atoms with Crippen LogP contribution < -0.4 is 9.62 Å². The predicted octanol–water partition coefficient (Wildman–Crippen LogP) is 2.64. The number of rotatable bonds is 5. The van der Waals surface area contributed by atoms with E-state index >= 15 is 0 Å². The summed E-state index contributed by atoms with van der Waals surface area (Å²) in [7, 11) is -3.60. The summed E-state index contributed by atoms with van der Waals surface area (Å²) >= 11 is 0. The van der Waals surface area contributed by atoms with Gasteiger partial charge in [-0.15, -0.1) is 0 Å². The van der Waals surface area contributed by atoms with Crippen molar-refractivity contribution in [2.45, 2.75) is 30.6 Å². The standard InChI is InChI=1S/C21H25N3O3S/c25-16-23-11-13-24(14-12-23)20-8-6-19(7-9-20)22-28(26,27)21-10-5-17-3-1-2-4-18(17)15-21/h5-10,15-16,22H,1-4,11-14H2. The molecule has 1 amide bonds. The molecule has 2 aromatic rings. The van der Waals surface area contributed by atoms with Crippen LogP contribution in [0.15, 0.2) is 47.4 Å². The van der Waals surface area contributed by atoms with E-state index in [1.165, 1.54) is 12.0 Å². The lowest BCUT2D eigenvalue weighted by Crippen LogP contribution is -2.45. The second kappa shape index (κ2) is 7.83. The molecule has 1 aliphatic carbocycles. The van der Waals surface area contributed by atoms with Crippen LogP contribution in [0, 0.1) is 0 Å². The van der Waals surface area contributed by atoms with Crippen LogP contribution in [0.25, 0.3) is 0 Å². The number of benzene rings is 2. The Balaban J connectivity index is 1.46. The minimum Gasteiger partial charge on any atom is -0.368 e. The van der Waals surface area contributed by atoms with Crippen LogP contribution in [0.4, 0.5) is 11.4 Å². The molecule has 148 valence electrons. The summed E-state index contributed by atoms with van der Waals surface area (Å²) in [6.45, 7) is 2.96. The molecule has 0 radical (unpaired) electrons. The largest absolute Gasteiger partial charge is 0.368 e. The maximum absolute atomic E-state index is 12.8. The summed E-state index contributed by atoms with van der Waals surface area (Å²) in [5.41, 5.74) is 4.00. The molecule has 1 N–H and O–H groups in total. The summed E-state index contributed by atoms with van der Waals surface area (Å²) < 4.78 is 28.3. The van der Waals surface area contributed by atoms with Crippen molar-refractivity contribution in [2.75, 3.05) is 35.8 Å². The molecule has 0 bridgehead atoms. The maximum atomic E-state index is 12.8. The molecule has 4 rings (SSSR count). The Labute approximate surface area is 166 Å². The molecule has 1 aliphatic heterocycles. The summed E-state index contributed by atoms with van der Waals surface area (Å²) in [6, 6.07) is 12.9. The van der Waals surface area contributed by atoms with E-state index in [1.807, 2.05) is 24.3 Å². The van der Waals surface area contributed by atoms with E-state index in [2.05, 4.69) is 9.62 Å². The van der Waals surface area contributed by atoms with Gasteiger partial charge in [-0.1, -0.05) is 6.07 Å². The third kappa shape index (κ3) is 3.99. The number of fused-ring (bicyclic) bond motifs is 1. The van der Waals surface area contributed by atoms with Gasteiger partial charge < -0.3 is 9.80 Å². The minimum absolute atomic E-state index is 0.321. The molecular weight excluding hydrogens is 374 g/mol. The van der Waals surface area contributed by atoms with Crippen molar-refractivity contribution in [1.82, 2.24) is 4.90 Å². The Kier molecular flexibility index (Phi) is 5.26. The van der Waals surface area contributed by atoms with E-state index in [4.69, 9.17) is 0 Å². The van der Waals surface area contributed by atoms with E-state index < -0.39 is 10.0 Å². The molecular formula is C21H25N3O3S. The average molecular weight is 400 g/mol. The van der Waals surface area contributed by atoms with Gasteiger partial charge in [0.1, 0.15) is 0 Å². The van der Waals surface area contributed by atoms with Crippen molar-refractivity contribution < 1.29 is 13.2 Å². The first-order chi connectivity index (χ1) is 13.5. The summed E-state index contributed by atoms with van der Waals surface area (Å²) in [5, 5.41) is 0. The SMILES string of the molecule is O=CN1CCN(c2ccc(NS(=O)(=O)c3ccc4c(c3)CCCC4)cc2)CC1. The first-order valence-electron chi connectivity index (χ1n) is 9.74. The van der Waals surface area contributed by atoms with Crippen molar-refractivity contribution in [3.8, 4) is 0 Å². The van der Waals surface area contributed by atoms with Gasteiger partial charge in [0.2, 0.25) is 6.41 Å².